The van der Waals surface area contributed by atoms with Crippen molar-refractivity contribution in [1.29, 1.82) is 0 Å². The molecule has 1 aromatic carbocycles. The molecule has 2 rings (SSSR count). The second-order valence-corrected chi connectivity index (χ2v) is 4.25. The minimum Gasteiger partial charge on any atom is -0.505 e. The molecular weight excluding hydrogens is 284 g/mol. The number of nitrogens with zero attached hydrogens (tertiary/aromatic N) is 2. The molecule has 2 aromatic rings. The highest BCUT2D eigenvalue weighted by Crippen LogP contribution is 2.16. The van der Waals surface area contributed by atoms with Crippen LogP contribution in [0.25, 0.3) is 11.8 Å². The molecule has 20 heavy (non-hydrogen) atoms. The van der Waals surface area contributed by atoms with E-state index < -0.39 is 17.3 Å². The van der Waals surface area contributed by atoms with E-state index in [-0.39, 0.29) is 5.69 Å². The molecule has 0 amide bonds. The second kappa shape index (κ2) is 5.58. The van der Waals surface area contributed by atoms with Gasteiger partial charge in [0.15, 0.2) is 0 Å². The Morgan fingerprint density at radius 2 is 2.10 bits per heavy atom. The molecule has 102 valence electrons. The monoisotopic (exact) mass is 292 g/mol. The minimum atomic E-state index is -1.19. The first kappa shape index (κ1) is 13.8. The first-order valence-electron chi connectivity index (χ1n) is 5.47. The van der Waals surface area contributed by atoms with Crippen molar-refractivity contribution in [1.82, 2.24) is 9.78 Å². The van der Waals surface area contributed by atoms with Crippen LogP contribution in [-0.4, -0.2) is 26.0 Å². The van der Waals surface area contributed by atoms with Gasteiger partial charge in [-0.25, -0.2) is 4.79 Å². The van der Waals surface area contributed by atoms with Gasteiger partial charge in [0.25, 0.3) is 5.56 Å². The zero-order valence-corrected chi connectivity index (χ0v) is 10.8. The van der Waals surface area contributed by atoms with Gasteiger partial charge in [0, 0.05) is 17.2 Å². The van der Waals surface area contributed by atoms with Crippen molar-refractivity contribution in [3.63, 3.8) is 0 Å². The van der Waals surface area contributed by atoms with E-state index in [1.807, 2.05) is 0 Å². The molecule has 0 unspecified atom stereocenters. The van der Waals surface area contributed by atoms with Gasteiger partial charge in [0.2, 0.25) is 0 Å². The summed E-state index contributed by atoms with van der Waals surface area (Å²) in [7, 11) is 0. The molecule has 0 fully saturated rings. The molecule has 0 spiro atoms. The highest BCUT2D eigenvalue weighted by Gasteiger charge is 2.08. The number of aromatic hydroxyl groups is 1. The van der Waals surface area contributed by atoms with E-state index in [2.05, 4.69) is 5.10 Å². The number of hydrogen-bond donors (Lipinski definition) is 2. The summed E-state index contributed by atoms with van der Waals surface area (Å²) in [5.74, 6) is -1.59. The molecule has 6 nitrogen and oxygen atoms in total. The van der Waals surface area contributed by atoms with Crippen LogP contribution in [0, 0.1) is 0 Å². The van der Waals surface area contributed by atoms with E-state index in [4.69, 9.17) is 16.7 Å². The number of carboxylic acid groups (broad SMARTS) is 1. The molecule has 0 radical (unpaired) electrons. The predicted octanol–water partition coefficient (Wildman–Crippen LogP) is 1.69. The van der Waals surface area contributed by atoms with Crippen LogP contribution >= 0.6 is 11.6 Å². The van der Waals surface area contributed by atoms with Crippen LogP contribution in [0.3, 0.4) is 0 Å². The number of rotatable bonds is 3. The van der Waals surface area contributed by atoms with E-state index >= 15 is 0 Å². The molecule has 1 heterocycles. The zero-order valence-electron chi connectivity index (χ0n) is 10.0. The van der Waals surface area contributed by atoms with Crippen molar-refractivity contribution in [3.8, 4) is 11.4 Å². The van der Waals surface area contributed by atoms with E-state index in [0.29, 0.717) is 10.7 Å². The van der Waals surface area contributed by atoms with Gasteiger partial charge in [-0.1, -0.05) is 17.7 Å². The Kier molecular flexibility index (Phi) is 3.86. The quantitative estimate of drug-likeness (QED) is 0.840. The number of aromatic nitrogens is 2. The Morgan fingerprint density at radius 1 is 1.35 bits per heavy atom. The fraction of sp³-hybridized carbons (Fsp3) is 0. The molecule has 0 aliphatic carbocycles. The van der Waals surface area contributed by atoms with Gasteiger partial charge < -0.3 is 10.2 Å². The van der Waals surface area contributed by atoms with Crippen LogP contribution < -0.4 is 5.56 Å². The van der Waals surface area contributed by atoms with Gasteiger partial charge in [0.1, 0.15) is 11.4 Å². The highest BCUT2D eigenvalue weighted by molar-refractivity contribution is 6.30. The number of carboxylic acids is 1. The van der Waals surface area contributed by atoms with E-state index in [9.17, 15) is 14.7 Å². The third kappa shape index (κ3) is 3.04. The molecule has 1 aromatic heterocycles. The van der Waals surface area contributed by atoms with Gasteiger partial charge in [-0.2, -0.15) is 9.78 Å². The SMILES string of the molecule is O=C(O)/C=C/c1nn(-c2cccc(Cl)c2)c(=O)cc1O. The molecule has 0 saturated heterocycles. The number of halogens is 1. The topological polar surface area (TPSA) is 92.4 Å². The first-order valence-corrected chi connectivity index (χ1v) is 5.85. The Hall–Kier alpha value is -2.60. The third-order valence-corrected chi connectivity index (χ3v) is 2.61. The summed E-state index contributed by atoms with van der Waals surface area (Å²) in [4.78, 5) is 22.3. The fourth-order valence-electron chi connectivity index (χ4n) is 1.52. The van der Waals surface area contributed by atoms with Crippen molar-refractivity contribution >= 4 is 23.6 Å². The largest absolute Gasteiger partial charge is 0.505 e. The van der Waals surface area contributed by atoms with Crippen LogP contribution in [0.1, 0.15) is 5.69 Å². The van der Waals surface area contributed by atoms with E-state index in [0.717, 1.165) is 22.9 Å². The van der Waals surface area contributed by atoms with Crippen LogP contribution in [0.5, 0.6) is 5.75 Å². The molecule has 2 N–H and O–H groups in total. The highest BCUT2D eigenvalue weighted by atomic mass is 35.5. The number of aliphatic carboxylic acids is 1. The smallest absolute Gasteiger partial charge is 0.328 e. The van der Waals surface area contributed by atoms with E-state index in [1.165, 1.54) is 6.07 Å². The van der Waals surface area contributed by atoms with Gasteiger partial charge in [-0.3, -0.25) is 4.79 Å². The van der Waals surface area contributed by atoms with Gasteiger partial charge in [0.05, 0.1) is 5.69 Å². The lowest BCUT2D eigenvalue weighted by atomic mass is 10.3. The van der Waals surface area contributed by atoms with Crippen LogP contribution in [0.15, 0.2) is 41.2 Å². The maximum atomic E-state index is 11.8. The summed E-state index contributed by atoms with van der Waals surface area (Å²) in [5.41, 5.74) is -0.184. The standard InChI is InChI=1S/C13H9ClN2O4/c14-8-2-1-3-9(6-8)16-12(18)7-11(17)10(15-16)4-5-13(19)20/h1-7,17H,(H,19,20)/b5-4+. The van der Waals surface area contributed by atoms with Crippen LogP contribution in [0.4, 0.5) is 0 Å². The Labute approximate surface area is 118 Å². The lowest BCUT2D eigenvalue weighted by molar-refractivity contribution is -0.131. The predicted molar refractivity (Wildman–Crippen MR) is 73.2 cm³/mol. The maximum Gasteiger partial charge on any atom is 0.328 e. The molecule has 0 aliphatic heterocycles. The summed E-state index contributed by atoms with van der Waals surface area (Å²) >= 11 is 5.84. The summed E-state index contributed by atoms with van der Waals surface area (Å²) in [6.45, 7) is 0. The Morgan fingerprint density at radius 3 is 2.75 bits per heavy atom. The van der Waals surface area contributed by atoms with Crippen LogP contribution in [-0.2, 0) is 4.79 Å². The van der Waals surface area contributed by atoms with Crippen molar-refractivity contribution in [2.24, 2.45) is 0 Å². The molecule has 7 heteroatoms. The normalized spacial score (nSPS) is 10.8. The fourth-order valence-corrected chi connectivity index (χ4v) is 1.71. The van der Waals surface area contributed by atoms with Crippen LogP contribution in [0.2, 0.25) is 5.02 Å². The third-order valence-electron chi connectivity index (χ3n) is 2.38. The van der Waals surface area contributed by atoms with Crippen molar-refractivity contribution in [2.45, 2.75) is 0 Å². The minimum absolute atomic E-state index is 0.0352. The van der Waals surface area contributed by atoms with Crippen molar-refractivity contribution in [2.75, 3.05) is 0 Å². The van der Waals surface area contributed by atoms with Gasteiger partial charge in [-0.15, -0.1) is 0 Å². The maximum absolute atomic E-state index is 11.8. The number of benzene rings is 1. The molecule has 0 aliphatic rings. The lowest BCUT2D eigenvalue weighted by Gasteiger charge is -2.06. The summed E-state index contributed by atoms with van der Waals surface area (Å²) < 4.78 is 1.02. The van der Waals surface area contributed by atoms with Gasteiger partial charge in [-0.05, 0) is 24.3 Å². The lowest BCUT2D eigenvalue weighted by Crippen LogP contribution is -2.20. The first-order chi connectivity index (χ1) is 9.47. The average molecular weight is 293 g/mol. The summed E-state index contributed by atoms with van der Waals surface area (Å²) in [6.07, 6.45) is 1.91. The van der Waals surface area contributed by atoms with Crippen molar-refractivity contribution < 1.29 is 15.0 Å². The zero-order chi connectivity index (χ0) is 14.7. The van der Waals surface area contributed by atoms with E-state index in [1.54, 1.807) is 18.2 Å². The van der Waals surface area contributed by atoms with Gasteiger partial charge >= 0.3 is 5.97 Å². The molecule has 0 bridgehead atoms. The molecular formula is C13H9ClN2O4. The summed E-state index contributed by atoms with van der Waals surface area (Å²) in [5, 5.41) is 22.5. The molecule has 0 saturated carbocycles. The Bertz CT molecular complexity index is 752. The Balaban J connectivity index is 2.57. The van der Waals surface area contributed by atoms with Crippen molar-refractivity contribution in [3.05, 3.63) is 57.5 Å². The average Bonchev–Trinajstić information content (AvgIpc) is 2.37. The molecule has 0 atom stereocenters. The number of carbonyl (C=O) groups is 1. The summed E-state index contributed by atoms with van der Waals surface area (Å²) in [6, 6.07) is 7.38. The second-order valence-electron chi connectivity index (χ2n) is 3.82. The number of hydrogen-bond acceptors (Lipinski definition) is 4.